The zero-order valence-electron chi connectivity index (χ0n) is 13.9. The Bertz CT molecular complexity index is 937. The molecule has 0 bridgehead atoms. The molecule has 5 nitrogen and oxygen atoms in total. The van der Waals surface area contributed by atoms with Crippen molar-refractivity contribution in [1.82, 2.24) is 9.78 Å². The Hall–Kier alpha value is -2.95. The second-order valence-electron chi connectivity index (χ2n) is 6.13. The van der Waals surface area contributed by atoms with Gasteiger partial charge in [0.25, 0.3) is 5.91 Å². The predicted octanol–water partition coefficient (Wildman–Crippen LogP) is 3.26. The number of benzene rings is 2. The fourth-order valence-corrected chi connectivity index (χ4v) is 2.87. The summed E-state index contributed by atoms with van der Waals surface area (Å²) >= 11 is 0. The molecule has 1 heterocycles. The Labute approximate surface area is 140 Å². The van der Waals surface area contributed by atoms with Gasteiger partial charge in [-0.2, -0.15) is 5.10 Å². The molecule has 0 aliphatic heterocycles. The number of carbonyl (C=O) groups is 2. The number of hydrogen-bond donors (Lipinski definition) is 1. The molecule has 0 unspecified atom stereocenters. The lowest BCUT2D eigenvalue weighted by Crippen LogP contribution is -2.22. The molecule has 1 aromatic heterocycles. The highest BCUT2D eigenvalue weighted by Crippen LogP contribution is 2.27. The number of rotatable bonds is 4. The third kappa shape index (κ3) is 2.69. The van der Waals surface area contributed by atoms with Gasteiger partial charge in [0.1, 0.15) is 0 Å². The molecule has 122 valence electrons. The second-order valence-corrected chi connectivity index (χ2v) is 6.13. The summed E-state index contributed by atoms with van der Waals surface area (Å²) in [5.74, 6) is -1.62. The fraction of sp³-hybridized carbons (Fsp3) is 0.211. The zero-order valence-corrected chi connectivity index (χ0v) is 13.9. The number of nitrogens with zero attached hydrogens (tertiary/aromatic N) is 2. The summed E-state index contributed by atoms with van der Waals surface area (Å²) in [6.45, 7) is 6.27. The first-order chi connectivity index (χ1) is 11.4. The van der Waals surface area contributed by atoms with Crippen molar-refractivity contribution in [1.29, 1.82) is 0 Å². The highest BCUT2D eigenvalue weighted by molar-refractivity contribution is 6.42. The van der Waals surface area contributed by atoms with E-state index in [0.29, 0.717) is 11.6 Å². The zero-order chi connectivity index (χ0) is 17.4. The van der Waals surface area contributed by atoms with Crippen LogP contribution in [0.5, 0.6) is 0 Å². The Kier molecular flexibility index (Phi) is 3.93. The maximum atomic E-state index is 11.6. The molecular weight excluding hydrogens is 302 g/mol. The van der Waals surface area contributed by atoms with Crippen molar-refractivity contribution >= 4 is 22.6 Å². The molecule has 0 saturated heterocycles. The van der Waals surface area contributed by atoms with Crippen LogP contribution in [0.4, 0.5) is 0 Å². The third-order valence-corrected chi connectivity index (χ3v) is 4.14. The Morgan fingerprint density at radius 1 is 1.04 bits per heavy atom. The molecule has 0 aliphatic rings. The van der Waals surface area contributed by atoms with Gasteiger partial charge >= 0.3 is 0 Å². The topological polar surface area (TPSA) is 78.0 Å². The first-order valence-electron chi connectivity index (χ1n) is 7.82. The van der Waals surface area contributed by atoms with E-state index >= 15 is 0 Å². The summed E-state index contributed by atoms with van der Waals surface area (Å²) in [7, 11) is 0. The number of carbonyl (C=O) groups excluding carboxylic acids is 2. The summed E-state index contributed by atoms with van der Waals surface area (Å²) < 4.78 is 2.02. The van der Waals surface area contributed by atoms with Crippen LogP contribution in [0.15, 0.2) is 42.5 Å². The minimum atomic E-state index is -0.944. The van der Waals surface area contributed by atoms with Crippen LogP contribution in [0.25, 0.3) is 22.0 Å². The van der Waals surface area contributed by atoms with E-state index < -0.39 is 11.7 Å². The third-order valence-electron chi connectivity index (χ3n) is 4.14. The van der Waals surface area contributed by atoms with E-state index in [1.54, 1.807) is 12.1 Å². The lowest BCUT2D eigenvalue weighted by molar-refractivity contribution is -0.114. The molecule has 0 aliphatic carbocycles. The number of fused-ring (bicyclic) bond motifs is 1. The van der Waals surface area contributed by atoms with Crippen molar-refractivity contribution < 1.29 is 9.59 Å². The van der Waals surface area contributed by atoms with Crippen molar-refractivity contribution in [2.75, 3.05) is 0 Å². The highest BCUT2D eigenvalue weighted by atomic mass is 16.2. The van der Waals surface area contributed by atoms with Gasteiger partial charge in [-0.05, 0) is 44.0 Å². The Morgan fingerprint density at radius 2 is 1.67 bits per heavy atom. The van der Waals surface area contributed by atoms with Crippen LogP contribution in [-0.4, -0.2) is 21.5 Å². The smallest absolute Gasteiger partial charge is 0.289 e. The monoisotopic (exact) mass is 321 g/mol. The molecule has 5 heteroatoms. The summed E-state index contributed by atoms with van der Waals surface area (Å²) in [6, 6.07) is 13.3. The molecule has 3 rings (SSSR count). The average Bonchev–Trinajstić information content (AvgIpc) is 2.91. The number of primary amides is 1. The largest absolute Gasteiger partial charge is 0.363 e. The maximum absolute atomic E-state index is 11.6. The molecule has 24 heavy (non-hydrogen) atoms. The van der Waals surface area contributed by atoms with E-state index in [2.05, 4.69) is 31.9 Å². The van der Waals surface area contributed by atoms with E-state index in [4.69, 9.17) is 5.73 Å². The Morgan fingerprint density at radius 3 is 2.25 bits per heavy atom. The molecule has 0 radical (unpaired) electrons. The van der Waals surface area contributed by atoms with E-state index in [-0.39, 0.29) is 0 Å². The van der Waals surface area contributed by atoms with E-state index in [1.165, 1.54) is 0 Å². The number of ketones is 1. The van der Waals surface area contributed by atoms with Crippen LogP contribution in [0, 0.1) is 6.92 Å². The van der Waals surface area contributed by atoms with Crippen molar-refractivity contribution in [3.8, 4) is 11.1 Å². The summed E-state index contributed by atoms with van der Waals surface area (Å²) in [5, 5.41) is 5.73. The van der Waals surface area contributed by atoms with Crippen LogP contribution in [0.1, 0.15) is 35.9 Å². The highest BCUT2D eigenvalue weighted by Gasteiger charge is 2.13. The van der Waals surface area contributed by atoms with Crippen LogP contribution in [0.3, 0.4) is 0 Å². The predicted molar refractivity (Wildman–Crippen MR) is 93.8 cm³/mol. The Balaban J connectivity index is 2.02. The fourth-order valence-electron chi connectivity index (χ4n) is 2.87. The number of Topliss-reactive ketones (excluding diaryl/α,β-unsaturated/α-hetero) is 1. The first-order valence-corrected chi connectivity index (χ1v) is 7.82. The normalized spacial score (nSPS) is 11.2. The van der Waals surface area contributed by atoms with Gasteiger partial charge in [-0.15, -0.1) is 0 Å². The number of amides is 1. The SMILES string of the molecule is Cc1c2cc(-c3ccc(C(=O)C(N)=O)cc3)ccc2nn1C(C)C. The van der Waals surface area contributed by atoms with Gasteiger partial charge in [0, 0.05) is 22.7 Å². The lowest BCUT2D eigenvalue weighted by Gasteiger charge is -2.07. The minimum Gasteiger partial charge on any atom is -0.363 e. The number of aromatic nitrogens is 2. The molecule has 0 atom stereocenters. The number of aryl methyl sites for hydroxylation is 1. The van der Waals surface area contributed by atoms with Crippen molar-refractivity contribution in [3.05, 3.63) is 53.7 Å². The van der Waals surface area contributed by atoms with Gasteiger partial charge in [-0.3, -0.25) is 14.3 Å². The number of nitrogens with two attached hydrogens (primary N) is 1. The summed E-state index contributed by atoms with van der Waals surface area (Å²) in [4.78, 5) is 22.6. The van der Waals surface area contributed by atoms with Crippen molar-refractivity contribution in [3.63, 3.8) is 0 Å². The average molecular weight is 321 g/mol. The maximum Gasteiger partial charge on any atom is 0.289 e. The van der Waals surface area contributed by atoms with Gasteiger partial charge < -0.3 is 5.73 Å². The molecule has 1 amide bonds. The van der Waals surface area contributed by atoms with Gasteiger partial charge in [0.2, 0.25) is 5.78 Å². The lowest BCUT2D eigenvalue weighted by atomic mass is 10.0. The second kappa shape index (κ2) is 5.92. The van der Waals surface area contributed by atoms with Crippen molar-refractivity contribution in [2.24, 2.45) is 5.73 Å². The van der Waals surface area contributed by atoms with Crippen LogP contribution in [0.2, 0.25) is 0 Å². The molecular formula is C19H19N3O2. The van der Waals surface area contributed by atoms with Gasteiger partial charge in [-0.1, -0.05) is 30.3 Å². The van der Waals surface area contributed by atoms with E-state index in [1.807, 2.05) is 28.9 Å². The van der Waals surface area contributed by atoms with Crippen LogP contribution >= 0.6 is 0 Å². The minimum absolute atomic E-state index is 0.302. The van der Waals surface area contributed by atoms with Crippen LogP contribution < -0.4 is 5.73 Å². The van der Waals surface area contributed by atoms with Gasteiger partial charge in [-0.25, -0.2) is 0 Å². The summed E-state index contributed by atoms with van der Waals surface area (Å²) in [5.41, 5.74) is 9.42. The van der Waals surface area contributed by atoms with Gasteiger partial charge in [0.05, 0.1) is 5.52 Å². The van der Waals surface area contributed by atoms with E-state index in [0.717, 1.165) is 27.7 Å². The van der Waals surface area contributed by atoms with Gasteiger partial charge in [0.15, 0.2) is 0 Å². The first kappa shape index (κ1) is 15.9. The number of hydrogen-bond acceptors (Lipinski definition) is 3. The molecule has 3 aromatic rings. The molecule has 0 fully saturated rings. The quantitative estimate of drug-likeness (QED) is 0.592. The summed E-state index contributed by atoms with van der Waals surface area (Å²) in [6.07, 6.45) is 0. The van der Waals surface area contributed by atoms with E-state index in [9.17, 15) is 9.59 Å². The van der Waals surface area contributed by atoms with Crippen molar-refractivity contribution in [2.45, 2.75) is 26.8 Å². The molecule has 2 aromatic carbocycles. The molecule has 0 saturated carbocycles. The van der Waals surface area contributed by atoms with Crippen LogP contribution in [-0.2, 0) is 4.79 Å². The standard InChI is InChI=1S/C19H19N3O2/c1-11(2)22-12(3)16-10-15(8-9-17(16)21-22)13-4-6-14(7-5-13)18(23)19(20)24/h4-11H,1-3H3,(H2,20,24). The molecule has 0 spiro atoms. The molecule has 2 N–H and O–H groups in total.